The molecule has 0 N–H and O–H groups in total. The summed E-state index contributed by atoms with van der Waals surface area (Å²) in [7, 11) is -1.45. The highest BCUT2D eigenvalue weighted by Crippen LogP contribution is 2.41. The Morgan fingerprint density at radius 1 is 0.611 bits per heavy atom. The lowest BCUT2D eigenvalue weighted by Gasteiger charge is -2.23. The van der Waals surface area contributed by atoms with Crippen molar-refractivity contribution < 1.29 is 26.3 Å². The normalized spacial score (nSPS) is 12.4. The van der Waals surface area contributed by atoms with Crippen LogP contribution in [0.25, 0.3) is 16.7 Å². The maximum atomic E-state index is 14.2. The summed E-state index contributed by atoms with van der Waals surface area (Å²) in [5, 5.41) is 1.69. The van der Waals surface area contributed by atoms with E-state index in [1.54, 1.807) is 24.3 Å². The van der Waals surface area contributed by atoms with Gasteiger partial charge in [-0.1, -0.05) is 72.8 Å². The molecule has 1 aromatic heterocycles. The van der Waals surface area contributed by atoms with Gasteiger partial charge in [-0.2, -0.15) is 26.3 Å². The van der Waals surface area contributed by atoms with E-state index in [1.807, 2.05) is 60.7 Å². The lowest BCUT2D eigenvalue weighted by molar-refractivity contribution is -0.142. The minimum absolute atomic E-state index is 0.168. The Balaban J connectivity index is 1.86. The van der Waals surface area contributed by atoms with Crippen LogP contribution in [0, 0.1) is 0 Å². The smallest absolute Gasteiger partial charge is 0.292 e. The Bertz CT molecular complexity index is 1470. The van der Waals surface area contributed by atoms with Gasteiger partial charge in [0.15, 0.2) is 0 Å². The molecule has 182 valence electrons. The van der Waals surface area contributed by atoms with Gasteiger partial charge in [0.25, 0.3) is 0 Å². The molecule has 2 nitrogen and oxygen atoms in total. The highest BCUT2D eigenvalue weighted by atomic mass is 31.1. The largest absolute Gasteiger partial charge is 0.418 e. The topological polar surface area (TPSA) is 17.8 Å². The number of hydrogen-bond donors (Lipinski definition) is 0. The number of alkyl halides is 6. The maximum Gasteiger partial charge on any atom is 0.418 e. The second-order valence-electron chi connectivity index (χ2n) is 7.97. The number of imidazole rings is 1. The monoisotopic (exact) mass is 514 g/mol. The Morgan fingerprint density at radius 2 is 1.17 bits per heavy atom. The fraction of sp³-hybridized carbons (Fsp3) is 0.0741. The van der Waals surface area contributed by atoms with Crippen molar-refractivity contribution in [1.82, 2.24) is 9.55 Å². The van der Waals surface area contributed by atoms with E-state index in [9.17, 15) is 26.3 Å². The first-order valence-electron chi connectivity index (χ1n) is 10.8. The van der Waals surface area contributed by atoms with E-state index in [1.165, 1.54) is 4.57 Å². The highest BCUT2D eigenvalue weighted by Gasteiger charge is 2.39. The molecule has 0 saturated heterocycles. The minimum Gasteiger partial charge on any atom is -0.292 e. The first-order chi connectivity index (χ1) is 17.1. The first kappa shape index (κ1) is 24.1. The molecule has 0 saturated carbocycles. The van der Waals surface area contributed by atoms with Crippen LogP contribution in [0.5, 0.6) is 0 Å². The van der Waals surface area contributed by atoms with Gasteiger partial charge in [-0.15, -0.1) is 0 Å². The molecule has 0 bridgehead atoms. The lowest BCUT2D eigenvalue weighted by atomic mass is 10.1. The lowest BCUT2D eigenvalue weighted by Crippen LogP contribution is -2.28. The van der Waals surface area contributed by atoms with Crippen molar-refractivity contribution in [3.63, 3.8) is 0 Å². The van der Waals surface area contributed by atoms with Crippen LogP contribution in [0.4, 0.5) is 26.3 Å². The first-order valence-corrected chi connectivity index (χ1v) is 12.2. The summed E-state index contributed by atoms with van der Waals surface area (Å²) >= 11 is 0. The molecule has 0 radical (unpaired) electrons. The van der Waals surface area contributed by atoms with E-state index < -0.39 is 37.1 Å². The Kier molecular flexibility index (Phi) is 6.08. The molecular formula is C27H17F6N2P. The number of rotatable bonds is 4. The molecule has 5 aromatic rings. The van der Waals surface area contributed by atoms with Crippen LogP contribution in [-0.4, -0.2) is 9.55 Å². The average Bonchev–Trinajstić information content (AvgIpc) is 3.23. The molecule has 0 aliphatic heterocycles. The molecule has 1 heterocycles. The van der Waals surface area contributed by atoms with Crippen LogP contribution in [-0.2, 0) is 12.4 Å². The molecule has 0 atom stereocenters. The van der Waals surface area contributed by atoms with Crippen molar-refractivity contribution in [2.45, 2.75) is 12.4 Å². The number of halogens is 6. The molecule has 4 aromatic carbocycles. The summed E-state index contributed by atoms with van der Waals surface area (Å²) in [6.07, 6.45) is -9.94. The van der Waals surface area contributed by atoms with Crippen LogP contribution in [0.3, 0.4) is 0 Å². The van der Waals surface area contributed by atoms with Crippen LogP contribution in [0.15, 0.2) is 103 Å². The van der Waals surface area contributed by atoms with E-state index in [0.717, 1.165) is 16.7 Å². The molecule has 0 unspecified atom stereocenters. The average molecular weight is 514 g/mol. The third-order valence-corrected chi connectivity index (χ3v) is 7.97. The second kappa shape index (κ2) is 9.10. The van der Waals surface area contributed by atoms with Crippen molar-refractivity contribution in [2.24, 2.45) is 0 Å². The summed E-state index contributed by atoms with van der Waals surface area (Å²) in [6.45, 7) is 0. The fourth-order valence-corrected chi connectivity index (χ4v) is 6.39. The van der Waals surface area contributed by atoms with E-state index in [-0.39, 0.29) is 6.07 Å². The van der Waals surface area contributed by atoms with Gasteiger partial charge in [0, 0.05) is 7.92 Å². The minimum atomic E-state index is -5.03. The van der Waals surface area contributed by atoms with E-state index in [0.29, 0.717) is 22.7 Å². The Morgan fingerprint density at radius 3 is 1.72 bits per heavy atom. The van der Waals surface area contributed by atoms with Gasteiger partial charge in [0.1, 0.15) is 5.57 Å². The molecule has 0 aliphatic carbocycles. The van der Waals surface area contributed by atoms with E-state index in [4.69, 9.17) is 4.98 Å². The number of nitrogens with zero attached hydrogens (tertiary/aromatic N) is 2. The Labute approximate surface area is 203 Å². The Hall–Kier alpha value is -3.64. The maximum absolute atomic E-state index is 14.2. The molecule has 9 heteroatoms. The predicted octanol–water partition coefficient (Wildman–Crippen LogP) is 6.82. The number of benzene rings is 4. The van der Waals surface area contributed by atoms with Crippen LogP contribution >= 0.6 is 7.92 Å². The zero-order valence-corrected chi connectivity index (χ0v) is 19.3. The summed E-state index contributed by atoms with van der Waals surface area (Å²) in [5.74, 6) is 0. The molecule has 0 amide bonds. The summed E-state index contributed by atoms with van der Waals surface area (Å²) < 4.78 is 84.0. The predicted molar refractivity (Wildman–Crippen MR) is 130 cm³/mol. The van der Waals surface area contributed by atoms with Gasteiger partial charge in [0.2, 0.25) is 0 Å². The van der Waals surface area contributed by atoms with Gasteiger partial charge < -0.3 is 0 Å². The van der Waals surface area contributed by atoms with Gasteiger partial charge in [0.05, 0.1) is 27.8 Å². The standard InChI is InChI=1S/C27H17F6N2P/c28-26(29,30)18-15-16-23(21(17-18)27(31,32)33)35-24-14-8-7-13-22(24)34-25(35)36(19-9-3-1-4-10-19)20-11-5-2-6-12-20/h1-17H. The molecule has 5 rings (SSSR count). The van der Waals surface area contributed by atoms with Gasteiger partial charge in [-0.25, -0.2) is 4.98 Å². The summed E-state index contributed by atoms with van der Waals surface area (Å²) in [4.78, 5) is 4.74. The molecule has 0 spiro atoms. The number of hydrogen-bond acceptors (Lipinski definition) is 1. The number of para-hydroxylation sites is 2. The SMILES string of the molecule is FC(F)(F)c1ccc(-n2c(P(c3ccccc3)c3ccccc3)nc3ccccc32)c(C(F)(F)F)c1. The van der Waals surface area contributed by atoms with Gasteiger partial charge in [-0.05, 0) is 40.9 Å². The van der Waals surface area contributed by atoms with Crippen molar-refractivity contribution >= 4 is 35.1 Å². The highest BCUT2D eigenvalue weighted by molar-refractivity contribution is 7.79. The van der Waals surface area contributed by atoms with Crippen molar-refractivity contribution in [1.29, 1.82) is 0 Å². The second-order valence-corrected chi connectivity index (χ2v) is 10.1. The van der Waals surface area contributed by atoms with E-state index in [2.05, 4.69) is 0 Å². The van der Waals surface area contributed by atoms with Gasteiger partial charge in [-0.3, -0.25) is 4.57 Å². The zero-order chi connectivity index (χ0) is 25.5. The van der Waals surface area contributed by atoms with Crippen LogP contribution in [0.2, 0.25) is 0 Å². The summed E-state index contributed by atoms with van der Waals surface area (Å²) in [6, 6.07) is 26.9. The van der Waals surface area contributed by atoms with E-state index >= 15 is 0 Å². The molecule has 36 heavy (non-hydrogen) atoms. The fourth-order valence-electron chi connectivity index (χ4n) is 4.07. The van der Waals surface area contributed by atoms with Crippen LogP contribution in [0.1, 0.15) is 11.1 Å². The van der Waals surface area contributed by atoms with Crippen LogP contribution < -0.4 is 16.2 Å². The molecule has 0 aliphatic rings. The number of aromatic nitrogens is 2. The third-order valence-electron chi connectivity index (χ3n) is 5.64. The van der Waals surface area contributed by atoms with Gasteiger partial charge >= 0.3 is 12.4 Å². The van der Waals surface area contributed by atoms with Crippen molar-refractivity contribution in [3.05, 3.63) is 114 Å². The molecular weight excluding hydrogens is 497 g/mol. The zero-order valence-electron chi connectivity index (χ0n) is 18.4. The van der Waals surface area contributed by atoms with Crippen molar-refractivity contribution in [2.75, 3.05) is 0 Å². The van der Waals surface area contributed by atoms with Crippen molar-refractivity contribution in [3.8, 4) is 5.69 Å². The quantitative estimate of drug-likeness (QED) is 0.190. The molecule has 0 fully saturated rings. The third kappa shape index (κ3) is 4.49. The number of fused-ring (bicyclic) bond motifs is 1. The summed E-state index contributed by atoms with van der Waals surface area (Å²) in [5.41, 5.74) is -2.00.